The van der Waals surface area contributed by atoms with E-state index in [9.17, 15) is 0 Å². The molecular weight excluding hydrogens is 133 g/mol. The van der Waals surface area contributed by atoms with Crippen molar-refractivity contribution >= 4 is 25.7 Å². The zero-order valence-electron chi connectivity index (χ0n) is 1.80. The van der Waals surface area contributed by atoms with Gasteiger partial charge in [0, 0.05) is 0 Å². The molecule has 0 N–H and O–H groups in total. The molecule has 0 aromatic heterocycles. The van der Waals surface area contributed by atoms with E-state index in [1.807, 2.05) is 5.40 Å². The van der Waals surface area contributed by atoms with E-state index in [1.54, 1.807) is 0 Å². The summed E-state index contributed by atoms with van der Waals surface area (Å²) < 4.78 is 0. The fourth-order valence-electron chi connectivity index (χ4n) is 0. The van der Waals surface area contributed by atoms with Gasteiger partial charge in [-0.05, 0) is 0 Å². The van der Waals surface area contributed by atoms with E-state index in [0.29, 0.717) is 0 Å². The van der Waals surface area contributed by atoms with Crippen molar-refractivity contribution in [1.82, 2.24) is 0 Å². The first-order chi connectivity index (χ1) is 1.91. The van der Waals surface area contributed by atoms with Crippen molar-refractivity contribution in [3.8, 4) is 5.40 Å². The molecule has 20 valence electrons. The van der Waals surface area contributed by atoms with Gasteiger partial charge < -0.3 is 0 Å². The van der Waals surface area contributed by atoms with Gasteiger partial charge in [-0.2, -0.15) is 0 Å². The second-order valence-corrected chi connectivity index (χ2v) is 1.70. The summed E-state index contributed by atoms with van der Waals surface area (Å²) >= 11 is 2.09. The molecule has 0 heterocycles. The van der Waals surface area contributed by atoms with E-state index in [0.717, 1.165) is 10.0 Å². The van der Waals surface area contributed by atoms with Crippen LogP contribution in [0.2, 0.25) is 0 Å². The van der Waals surface area contributed by atoms with Crippen LogP contribution in [-0.2, 0) is 0 Å². The van der Waals surface area contributed by atoms with Gasteiger partial charge in [0.05, 0.1) is 0 Å². The summed E-state index contributed by atoms with van der Waals surface area (Å²) in [7, 11) is 1.10. The molecule has 0 aromatic carbocycles. The van der Waals surface area contributed by atoms with Crippen LogP contribution >= 0.6 is 10.0 Å². The maximum atomic E-state index is 7.57. The Kier molecular flexibility index (Phi) is 3.74. The van der Waals surface area contributed by atoms with Crippen molar-refractivity contribution in [3.63, 3.8) is 0 Å². The van der Waals surface area contributed by atoms with E-state index in [2.05, 4.69) is 15.7 Å². The standard InChI is InChI=1S/CAsNS/c2-4-1-3. The van der Waals surface area contributed by atoms with Crippen LogP contribution in [0.5, 0.6) is 0 Å². The Morgan fingerprint density at radius 1 is 2.00 bits per heavy atom. The molecule has 0 aliphatic heterocycles. The molecule has 0 unspecified atom stereocenters. The van der Waals surface area contributed by atoms with Crippen LogP contribution in [0.4, 0.5) is 0 Å². The number of rotatable bonds is 0. The Balaban J connectivity index is 2.43. The molecule has 1 nitrogen and oxygen atoms in total. The van der Waals surface area contributed by atoms with Crippen molar-refractivity contribution in [3.05, 3.63) is 0 Å². The minimum absolute atomic E-state index is 1.10. The van der Waals surface area contributed by atoms with Crippen LogP contribution in [0.1, 0.15) is 0 Å². The van der Waals surface area contributed by atoms with Crippen LogP contribution in [0.15, 0.2) is 0 Å². The zero-order chi connectivity index (χ0) is 3.41. The number of hydrogen-bond acceptors (Lipinski definition) is 2. The summed E-state index contributed by atoms with van der Waals surface area (Å²) in [6.07, 6.45) is 0. The first kappa shape index (κ1) is 4.40. The Labute approximate surface area is 36.9 Å². The molecule has 0 bridgehead atoms. The molecule has 0 saturated carbocycles. The average Bonchev–Trinajstić information content (AvgIpc) is 1.37. The second kappa shape index (κ2) is 3.40. The van der Waals surface area contributed by atoms with Crippen LogP contribution in [-0.4, -0.2) is 15.7 Å². The third-order valence-electron chi connectivity index (χ3n) is 0.0408. The van der Waals surface area contributed by atoms with Crippen molar-refractivity contribution < 1.29 is 0 Å². The van der Waals surface area contributed by atoms with Gasteiger partial charge >= 0.3 is 36.4 Å². The maximum absolute atomic E-state index is 7.57. The van der Waals surface area contributed by atoms with E-state index < -0.39 is 0 Å². The van der Waals surface area contributed by atoms with Gasteiger partial charge in [-0.3, -0.25) is 0 Å². The van der Waals surface area contributed by atoms with Crippen LogP contribution < -0.4 is 0 Å². The fraction of sp³-hybridized carbons (Fsp3) is 0. The third kappa shape index (κ3) is 2.40. The Morgan fingerprint density at radius 2 is 2.25 bits per heavy atom. The second-order valence-electron chi connectivity index (χ2n) is 0.183. The predicted molar refractivity (Wildman–Crippen MR) is 19.0 cm³/mol. The van der Waals surface area contributed by atoms with Crippen molar-refractivity contribution in [2.24, 2.45) is 0 Å². The van der Waals surface area contributed by atoms with Gasteiger partial charge in [0.2, 0.25) is 0 Å². The summed E-state index contributed by atoms with van der Waals surface area (Å²) in [6.45, 7) is 0. The molecule has 0 atom stereocenters. The molecule has 0 aromatic rings. The van der Waals surface area contributed by atoms with Gasteiger partial charge in [-0.1, -0.05) is 0 Å². The van der Waals surface area contributed by atoms with Crippen molar-refractivity contribution in [2.75, 3.05) is 0 Å². The summed E-state index contributed by atoms with van der Waals surface area (Å²) in [5, 5.41) is 9.39. The summed E-state index contributed by atoms with van der Waals surface area (Å²) in [5.41, 5.74) is 0. The van der Waals surface area contributed by atoms with E-state index in [4.69, 9.17) is 5.26 Å². The van der Waals surface area contributed by atoms with E-state index in [-0.39, 0.29) is 0 Å². The summed E-state index contributed by atoms with van der Waals surface area (Å²) in [5.74, 6) is 0. The van der Waals surface area contributed by atoms with E-state index >= 15 is 0 Å². The molecule has 3 heteroatoms. The first-order valence-electron chi connectivity index (χ1n) is 0.610. The van der Waals surface area contributed by atoms with Gasteiger partial charge in [0.25, 0.3) is 0 Å². The number of nitrogens with zero attached hydrogens (tertiary/aromatic N) is 1. The minimum atomic E-state index is 1.10. The predicted octanol–water partition coefficient (Wildman–Crippen LogP) is 0.284. The molecule has 0 amide bonds. The zero-order valence-corrected chi connectivity index (χ0v) is 4.50. The molecule has 4 heavy (non-hydrogen) atoms. The van der Waals surface area contributed by atoms with Gasteiger partial charge in [-0.25, -0.2) is 0 Å². The molecule has 0 aliphatic carbocycles. The fourth-order valence-corrected chi connectivity index (χ4v) is 0. The van der Waals surface area contributed by atoms with Crippen LogP contribution in [0.25, 0.3) is 0 Å². The number of nitriles is 1. The average molecular weight is 133 g/mol. The van der Waals surface area contributed by atoms with Gasteiger partial charge in [-0.15, -0.1) is 0 Å². The van der Waals surface area contributed by atoms with Crippen molar-refractivity contribution in [1.29, 1.82) is 5.26 Å². The topological polar surface area (TPSA) is 23.8 Å². The SMILES string of the molecule is N#CS[As]. The Morgan fingerprint density at radius 3 is 2.25 bits per heavy atom. The monoisotopic (exact) mass is 133 g/mol. The van der Waals surface area contributed by atoms with Gasteiger partial charge in [0.15, 0.2) is 0 Å². The number of thiocyanates is 1. The molecular formula is CAsNS. The summed E-state index contributed by atoms with van der Waals surface area (Å²) in [4.78, 5) is 0. The first-order valence-corrected chi connectivity index (χ1v) is 3.68. The number of hydrogen-bond donors (Lipinski definition) is 0. The molecule has 0 aliphatic rings. The quantitative estimate of drug-likeness (QED) is 0.350. The molecule has 2 radical (unpaired) electrons. The Bertz CT molecular complexity index is 37.8. The Hall–Kier alpha value is 0.398. The van der Waals surface area contributed by atoms with Crippen molar-refractivity contribution in [2.45, 2.75) is 0 Å². The van der Waals surface area contributed by atoms with Gasteiger partial charge in [0.1, 0.15) is 0 Å². The molecule has 0 saturated heterocycles. The molecule has 0 fully saturated rings. The third-order valence-corrected chi connectivity index (χ3v) is 0.636. The molecule has 0 spiro atoms. The normalized spacial score (nSPS) is 5.00. The summed E-state index contributed by atoms with van der Waals surface area (Å²) in [6, 6.07) is 0. The molecule has 0 rings (SSSR count). The van der Waals surface area contributed by atoms with Crippen LogP contribution in [0.3, 0.4) is 0 Å². The van der Waals surface area contributed by atoms with Crippen LogP contribution in [0, 0.1) is 10.7 Å². The van der Waals surface area contributed by atoms with E-state index in [1.165, 1.54) is 0 Å².